The molecular weight excluding hydrogens is 340 g/mol. The lowest BCUT2D eigenvalue weighted by molar-refractivity contribution is -0.121. The summed E-state index contributed by atoms with van der Waals surface area (Å²) in [5, 5.41) is 1.85. The van der Waals surface area contributed by atoms with Crippen LogP contribution in [0.1, 0.15) is 12.8 Å². The van der Waals surface area contributed by atoms with Gasteiger partial charge in [-0.25, -0.2) is 30.3 Å². The van der Waals surface area contributed by atoms with Crippen molar-refractivity contribution < 1.29 is 30.8 Å². The first-order valence-electron chi connectivity index (χ1n) is 6.70. The number of sulfonamides is 1. The molecule has 0 unspecified atom stereocenters. The zero-order chi connectivity index (χ0) is 17.4. The second kappa shape index (κ2) is 6.44. The summed E-state index contributed by atoms with van der Waals surface area (Å²) in [6.45, 7) is 0.165. The highest BCUT2D eigenvalue weighted by molar-refractivity contribution is 7.88. The van der Waals surface area contributed by atoms with Gasteiger partial charge >= 0.3 is 0 Å². The van der Waals surface area contributed by atoms with Crippen molar-refractivity contribution in [3.63, 3.8) is 0 Å². The first-order valence-corrected chi connectivity index (χ1v) is 8.55. The minimum Gasteiger partial charge on any atom is -0.321 e. The van der Waals surface area contributed by atoms with Crippen LogP contribution in [0.15, 0.2) is 6.07 Å². The summed E-state index contributed by atoms with van der Waals surface area (Å²) in [6.07, 6.45) is 1.31. The molecule has 1 amide bonds. The third-order valence-corrected chi connectivity index (χ3v) is 4.96. The number of halogens is 4. The normalized spacial score (nSPS) is 17.3. The lowest BCUT2D eigenvalue weighted by Gasteiger charge is -2.29. The van der Waals surface area contributed by atoms with Crippen molar-refractivity contribution in [1.82, 2.24) is 4.31 Å². The van der Waals surface area contributed by atoms with E-state index in [0.29, 0.717) is 0 Å². The zero-order valence-corrected chi connectivity index (χ0v) is 12.9. The van der Waals surface area contributed by atoms with Gasteiger partial charge in [0.05, 0.1) is 6.26 Å². The van der Waals surface area contributed by atoms with Gasteiger partial charge < -0.3 is 5.32 Å². The molecule has 0 saturated carbocycles. The minimum atomic E-state index is -3.38. The summed E-state index contributed by atoms with van der Waals surface area (Å²) in [5.74, 6) is -8.15. The van der Waals surface area contributed by atoms with Crippen molar-refractivity contribution in [3.8, 4) is 0 Å². The van der Waals surface area contributed by atoms with Gasteiger partial charge in [-0.3, -0.25) is 4.79 Å². The number of hydrogen-bond donors (Lipinski definition) is 1. The predicted octanol–water partition coefficient (Wildman–Crippen LogP) is 1.85. The van der Waals surface area contributed by atoms with E-state index in [2.05, 4.69) is 0 Å². The van der Waals surface area contributed by atoms with Gasteiger partial charge in [-0.15, -0.1) is 0 Å². The monoisotopic (exact) mass is 354 g/mol. The summed E-state index contributed by atoms with van der Waals surface area (Å²) in [4.78, 5) is 12.0. The number of hydrogen-bond acceptors (Lipinski definition) is 3. The molecule has 0 radical (unpaired) electrons. The Morgan fingerprint density at radius 2 is 1.61 bits per heavy atom. The molecule has 1 aliphatic heterocycles. The van der Waals surface area contributed by atoms with Gasteiger partial charge in [-0.2, -0.15) is 0 Å². The minimum absolute atomic E-state index is 0.0465. The molecule has 1 aromatic rings. The van der Waals surface area contributed by atoms with Crippen LogP contribution in [0, 0.1) is 29.2 Å². The Bertz CT molecular complexity index is 705. The summed E-state index contributed by atoms with van der Waals surface area (Å²) in [7, 11) is -3.38. The molecule has 5 nitrogen and oxygen atoms in total. The molecule has 1 N–H and O–H groups in total. The van der Waals surface area contributed by atoms with Crippen molar-refractivity contribution in [2.75, 3.05) is 24.7 Å². The molecule has 128 valence electrons. The molecular formula is C13H14F4N2O3S. The maximum absolute atomic E-state index is 13.5. The molecule has 1 aliphatic rings. The van der Waals surface area contributed by atoms with Crippen molar-refractivity contribution in [1.29, 1.82) is 0 Å². The van der Waals surface area contributed by atoms with Crippen LogP contribution >= 0.6 is 0 Å². The van der Waals surface area contributed by atoms with Crippen molar-refractivity contribution in [2.24, 2.45) is 5.92 Å². The number of carbonyl (C=O) groups excluding carboxylic acids is 1. The number of anilines is 1. The van der Waals surface area contributed by atoms with Crippen LogP contribution in [0.3, 0.4) is 0 Å². The van der Waals surface area contributed by atoms with Gasteiger partial charge in [0.15, 0.2) is 23.3 Å². The Morgan fingerprint density at radius 1 is 1.13 bits per heavy atom. The van der Waals surface area contributed by atoms with Crippen LogP contribution in [0.2, 0.25) is 0 Å². The molecule has 0 aliphatic carbocycles. The van der Waals surface area contributed by atoms with Gasteiger partial charge in [-0.05, 0) is 12.8 Å². The van der Waals surface area contributed by atoms with E-state index in [1.54, 1.807) is 0 Å². The first-order chi connectivity index (χ1) is 10.6. The predicted molar refractivity (Wildman–Crippen MR) is 74.0 cm³/mol. The molecule has 2 rings (SSSR count). The van der Waals surface area contributed by atoms with E-state index in [9.17, 15) is 30.8 Å². The smallest absolute Gasteiger partial charge is 0.227 e. The maximum atomic E-state index is 13.5. The van der Waals surface area contributed by atoms with E-state index in [1.807, 2.05) is 5.32 Å². The highest BCUT2D eigenvalue weighted by Crippen LogP contribution is 2.26. The molecule has 23 heavy (non-hydrogen) atoms. The summed E-state index contributed by atoms with van der Waals surface area (Å²) in [6, 6.07) is 0.0465. The topological polar surface area (TPSA) is 66.5 Å². The average molecular weight is 354 g/mol. The van der Waals surface area contributed by atoms with Crippen LogP contribution in [-0.2, 0) is 14.8 Å². The van der Waals surface area contributed by atoms with E-state index in [0.717, 1.165) is 6.26 Å². The van der Waals surface area contributed by atoms with Crippen molar-refractivity contribution in [2.45, 2.75) is 12.8 Å². The summed E-state index contributed by atoms with van der Waals surface area (Å²) >= 11 is 0. The maximum Gasteiger partial charge on any atom is 0.227 e. The number of amides is 1. The van der Waals surface area contributed by atoms with Crippen LogP contribution in [0.25, 0.3) is 0 Å². The SMILES string of the molecule is CS(=O)(=O)N1CCC(C(=O)Nc2c(F)c(F)cc(F)c2F)CC1. The number of carbonyl (C=O) groups is 1. The molecule has 1 saturated heterocycles. The molecule has 0 spiro atoms. The highest BCUT2D eigenvalue weighted by Gasteiger charge is 2.30. The fourth-order valence-corrected chi connectivity index (χ4v) is 3.23. The third kappa shape index (κ3) is 3.81. The standard InChI is InChI=1S/C13H14F4N2O3S/c1-23(21,22)19-4-2-7(3-5-19)13(20)18-12-10(16)8(14)6-9(15)11(12)17/h6-7H,2-5H2,1H3,(H,18,20). The molecule has 0 aromatic heterocycles. The third-order valence-electron chi connectivity index (χ3n) is 3.65. The first kappa shape index (κ1) is 17.7. The zero-order valence-electron chi connectivity index (χ0n) is 12.1. The Labute approximate surface area is 130 Å². The van der Waals surface area contributed by atoms with E-state index >= 15 is 0 Å². The van der Waals surface area contributed by atoms with Gasteiger partial charge in [0.25, 0.3) is 0 Å². The Hall–Kier alpha value is -1.68. The largest absolute Gasteiger partial charge is 0.321 e. The summed E-state index contributed by atoms with van der Waals surface area (Å²) in [5.41, 5.74) is -1.18. The Morgan fingerprint density at radius 3 is 2.04 bits per heavy atom. The molecule has 10 heteroatoms. The average Bonchev–Trinajstić information content (AvgIpc) is 2.48. The lowest BCUT2D eigenvalue weighted by Crippen LogP contribution is -2.41. The molecule has 1 heterocycles. The van der Waals surface area contributed by atoms with Gasteiger partial charge in [0.2, 0.25) is 15.9 Å². The second-order valence-corrected chi connectivity index (χ2v) is 7.25. The fraction of sp³-hybridized carbons (Fsp3) is 0.462. The van der Waals surface area contributed by atoms with Crippen LogP contribution in [0.5, 0.6) is 0 Å². The lowest BCUT2D eigenvalue weighted by atomic mass is 9.97. The second-order valence-electron chi connectivity index (χ2n) is 5.27. The fourth-order valence-electron chi connectivity index (χ4n) is 2.36. The van der Waals surface area contributed by atoms with Crippen molar-refractivity contribution in [3.05, 3.63) is 29.3 Å². The highest BCUT2D eigenvalue weighted by atomic mass is 32.2. The number of nitrogens with one attached hydrogen (secondary N) is 1. The van der Waals surface area contributed by atoms with E-state index in [-0.39, 0.29) is 32.0 Å². The molecule has 1 fully saturated rings. The number of piperidine rings is 1. The number of benzene rings is 1. The van der Waals surface area contributed by atoms with Gasteiger partial charge in [0, 0.05) is 25.1 Å². The molecule has 0 bridgehead atoms. The van der Waals surface area contributed by atoms with Crippen LogP contribution in [0.4, 0.5) is 23.2 Å². The van der Waals surface area contributed by atoms with Crippen LogP contribution < -0.4 is 5.32 Å². The van der Waals surface area contributed by atoms with E-state index in [1.165, 1.54) is 4.31 Å². The van der Waals surface area contributed by atoms with E-state index < -0.39 is 50.8 Å². The van der Waals surface area contributed by atoms with E-state index in [4.69, 9.17) is 0 Å². The summed E-state index contributed by atoms with van der Waals surface area (Å²) < 4.78 is 77.1. The van der Waals surface area contributed by atoms with Crippen molar-refractivity contribution >= 4 is 21.6 Å². The molecule has 0 atom stereocenters. The molecule has 1 aromatic carbocycles. The van der Waals surface area contributed by atoms with Crippen LogP contribution in [-0.4, -0.2) is 38.0 Å². The number of nitrogens with zero attached hydrogens (tertiary/aromatic N) is 1. The number of rotatable bonds is 3. The van der Waals surface area contributed by atoms with Gasteiger partial charge in [0.1, 0.15) is 5.69 Å². The quantitative estimate of drug-likeness (QED) is 0.666. The van der Waals surface area contributed by atoms with Gasteiger partial charge in [-0.1, -0.05) is 0 Å². The Balaban J connectivity index is 2.10. The Kier molecular flexibility index (Phi) is 4.95.